The van der Waals surface area contributed by atoms with Crippen molar-refractivity contribution in [3.05, 3.63) is 64.7 Å². The van der Waals surface area contributed by atoms with Crippen LogP contribution in [-0.2, 0) is 26.0 Å². The van der Waals surface area contributed by atoms with Crippen molar-refractivity contribution < 1.29 is 27.5 Å². The first-order chi connectivity index (χ1) is 14.8. The van der Waals surface area contributed by atoms with Gasteiger partial charge in [0.25, 0.3) is 0 Å². The number of sulfonamides is 1. The molecule has 0 aromatic heterocycles. The number of aryl methyl sites for hydroxylation is 1. The second-order valence-electron chi connectivity index (χ2n) is 7.30. The highest BCUT2D eigenvalue weighted by atomic mass is 32.2. The summed E-state index contributed by atoms with van der Waals surface area (Å²) < 4.78 is 37.5. The van der Waals surface area contributed by atoms with Crippen LogP contribution in [0.3, 0.4) is 0 Å². The van der Waals surface area contributed by atoms with Gasteiger partial charge in [0.15, 0.2) is 0 Å². The number of hydrogen-bond acceptors (Lipinski definition) is 7. The third-order valence-corrected chi connectivity index (χ3v) is 7.35. The smallest absolute Gasteiger partial charge is 0.339 e. The predicted octanol–water partition coefficient (Wildman–Crippen LogP) is 2.07. The number of carbonyl (C=O) groups excluding carboxylic acids is 2. The Balaban J connectivity index is 1.82. The molecule has 0 aliphatic carbocycles. The van der Waals surface area contributed by atoms with Gasteiger partial charge in [0.05, 0.1) is 30.2 Å². The Morgan fingerprint density at radius 2 is 1.58 bits per heavy atom. The summed E-state index contributed by atoms with van der Waals surface area (Å²) in [5, 5.41) is 0. The van der Waals surface area contributed by atoms with Gasteiger partial charge in [-0.3, -0.25) is 4.90 Å². The summed E-state index contributed by atoms with van der Waals surface area (Å²) in [6, 6.07) is 11.9. The molecule has 0 atom stereocenters. The highest BCUT2D eigenvalue weighted by Gasteiger charge is 2.33. The topological polar surface area (TPSA) is 93.2 Å². The van der Waals surface area contributed by atoms with Crippen molar-refractivity contribution in [2.45, 2.75) is 18.4 Å². The van der Waals surface area contributed by atoms with Gasteiger partial charge >= 0.3 is 11.9 Å². The minimum absolute atomic E-state index is 0.0481. The minimum atomic E-state index is -4.02. The molecule has 1 saturated heterocycles. The van der Waals surface area contributed by atoms with Gasteiger partial charge in [0, 0.05) is 32.7 Å². The standard InChI is InChI=1S/C22H26N2O6S/c1-16-6-4-5-7-18(16)15-23-10-12-24(13-11-23)31(27,28)20-14-17(21(25)29-2)8-9-19(20)22(26)30-3/h4-9,14H,10-13,15H2,1-3H3. The Bertz CT molecular complexity index is 1080. The number of ether oxygens (including phenoxy) is 2. The van der Waals surface area contributed by atoms with E-state index in [1.54, 1.807) is 0 Å². The zero-order chi connectivity index (χ0) is 22.6. The van der Waals surface area contributed by atoms with E-state index in [9.17, 15) is 18.0 Å². The predicted molar refractivity (Wildman–Crippen MR) is 114 cm³/mol. The lowest BCUT2D eigenvalue weighted by Crippen LogP contribution is -2.48. The molecule has 0 saturated carbocycles. The molecule has 0 bridgehead atoms. The Hall–Kier alpha value is -2.75. The zero-order valence-corrected chi connectivity index (χ0v) is 18.6. The molecule has 0 spiro atoms. The van der Waals surface area contributed by atoms with Crippen LogP contribution in [0.4, 0.5) is 0 Å². The fraction of sp³-hybridized carbons (Fsp3) is 0.364. The van der Waals surface area contributed by atoms with Crippen molar-refractivity contribution in [3.8, 4) is 0 Å². The number of esters is 2. The van der Waals surface area contributed by atoms with Crippen LogP contribution in [0.15, 0.2) is 47.4 Å². The van der Waals surface area contributed by atoms with E-state index in [1.165, 1.54) is 47.9 Å². The van der Waals surface area contributed by atoms with Crippen molar-refractivity contribution in [1.82, 2.24) is 9.21 Å². The molecule has 9 heteroatoms. The normalized spacial score (nSPS) is 15.5. The average Bonchev–Trinajstić information content (AvgIpc) is 2.79. The van der Waals surface area contributed by atoms with Crippen LogP contribution in [0.1, 0.15) is 31.8 Å². The zero-order valence-electron chi connectivity index (χ0n) is 17.8. The Kier molecular flexibility index (Phi) is 7.09. The van der Waals surface area contributed by atoms with Crippen LogP contribution in [0.2, 0.25) is 0 Å². The van der Waals surface area contributed by atoms with Crippen LogP contribution in [0.5, 0.6) is 0 Å². The number of nitrogens with zero attached hydrogens (tertiary/aromatic N) is 2. The van der Waals surface area contributed by atoms with E-state index >= 15 is 0 Å². The monoisotopic (exact) mass is 446 g/mol. The molecule has 0 amide bonds. The number of benzene rings is 2. The molecular weight excluding hydrogens is 420 g/mol. The van der Waals surface area contributed by atoms with Gasteiger partial charge in [0.1, 0.15) is 0 Å². The second-order valence-corrected chi connectivity index (χ2v) is 9.21. The van der Waals surface area contributed by atoms with Crippen LogP contribution in [0.25, 0.3) is 0 Å². The van der Waals surface area contributed by atoms with Gasteiger partial charge in [-0.1, -0.05) is 24.3 Å². The van der Waals surface area contributed by atoms with Crippen molar-refractivity contribution in [2.75, 3.05) is 40.4 Å². The van der Waals surface area contributed by atoms with E-state index in [-0.39, 0.29) is 29.1 Å². The summed E-state index contributed by atoms with van der Waals surface area (Å²) in [5.41, 5.74) is 2.34. The molecular formula is C22H26N2O6S. The summed E-state index contributed by atoms with van der Waals surface area (Å²) in [6.07, 6.45) is 0. The van der Waals surface area contributed by atoms with Crippen molar-refractivity contribution in [1.29, 1.82) is 0 Å². The third-order valence-electron chi connectivity index (χ3n) is 5.41. The lowest BCUT2D eigenvalue weighted by atomic mass is 10.1. The van der Waals surface area contributed by atoms with Gasteiger partial charge in [0.2, 0.25) is 10.0 Å². The number of piperazine rings is 1. The fourth-order valence-corrected chi connectivity index (χ4v) is 5.18. The molecule has 31 heavy (non-hydrogen) atoms. The summed E-state index contributed by atoms with van der Waals surface area (Å²) in [4.78, 5) is 26.0. The molecule has 1 aliphatic rings. The van der Waals surface area contributed by atoms with E-state index in [0.717, 1.165) is 6.54 Å². The van der Waals surface area contributed by atoms with Crippen LogP contribution in [0, 0.1) is 6.92 Å². The molecule has 0 radical (unpaired) electrons. The van der Waals surface area contributed by atoms with E-state index in [0.29, 0.717) is 13.1 Å². The molecule has 0 unspecified atom stereocenters. The van der Waals surface area contributed by atoms with Crippen molar-refractivity contribution in [3.63, 3.8) is 0 Å². The molecule has 0 N–H and O–H groups in total. The number of rotatable bonds is 6. The fourth-order valence-electron chi connectivity index (χ4n) is 3.55. The Labute approximate surface area is 182 Å². The molecule has 8 nitrogen and oxygen atoms in total. The maximum Gasteiger partial charge on any atom is 0.339 e. The van der Waals surface area contributed by atoms with Gasteiger partial charge in [-0.25, -0.2) is 18.0 Å². The number of methoxy groups -OCH3 is 2. The number of hydrogen-bond donors (Lipinski definition) is 0. The summed E-state index contributed by atoms with van der Waals surface area (Å²) >= 11 is 0. The average molecular weight is 447 g/mol. The van der Waals surface area contributed by atoms with Crippen LogP contribution in [-0.4, -0.2) is 70.0 Å². The molecule has 166 valence electrons. The quantitative estimate of drug-likeness (QED) is 0.627. The molecule has 1 heterocycles. The van der Waals surface area contributed by atoms with Gasteiger partial charge < -0.3 is 9.47 Å². The molecule has 1 fully saturated rings. The third kappa shape index (κ3) is 4.95. The van der Waals surface area contributed by atoms with E-state index in [4.69, 9.17) is 4.74 Å². The first-order valence-electron chi connectivity index (χ1n) is 9.85. The lowest BCUT2D eigenvalue weighted by molar-refractivity contribution is 0.0583. The van der Waals surface area contributed by atoms with E-state index < -0.39 is 22.0 Å². The first kappa shape index (κ1) is 22.9. The van der Waals surface area contributed by atoms with E-state index in [2.05, 4.69) is 28.7 Å². The minimum Gasteiger partial charge on any atom is -0.465 e. The largest absolute Gasteiger partial charge is 0.465 e. The summed E-state index contributed by atoms with van der Waals surface area (Å²) in [5.74, 6) is -1.47. The van der Waals surface area contributed by atoms with Gasteiger partial charge in [-0.05, 0) is 36.2 Å². The SMILES string of the molecule is COC(=O)c1ccc(C(=O)OC)c(S(=O)(=O)N2CCN(Cc3ccccc3C)CC2)c1. The van der Waals surface area contributed by atoms with Crippen molar-refractivity contribution in [2.24, 2.45) is 0 Å². The maximum absolute atomic E-state index is 13.4. The van der Waals surface area contributed by atoms with Crippen LogP contribution < -0.4 is 0 Å². The second kappa shape index (κ2) is 9.59. The Morgan fingerprint density at radius 3 is 2.19 bits per heavy atom. The Morgan fingerprint density at radius 1 is 0.935 bits per heavy atom. The highest BCUT2D eigenvalue weighted by molar-refractivity contribution is 7.89. The highest BCUT2D eigenvalue weighted by Crippen LogP contribution is 2.25. The van der Waals surface area contributed by atoms with E-state index in [1.807, 2.05) is 12.1 Å². The summed E-state index contributed by atoms with van der Waals surface area (Å²) in [6.45, 7) is 4.45. The summed E-state index contributed by atoms with van der Waals surface area (Å²) in [7, 11) is -1.63. The molecule has 2 aromatic carbocycles. The molecule has 3 rings (SSSR count). The maximum atomic E-state index is 13.4. The van der Waals surface area contributed by atoms with Gasteiger partial charge in [-0.2, -0.15) is 4.31 Å². The van der Waals surface area contributed by atoms with Crippen molar-refractivity contribution >= 4 is 22.0 Å². The lowest BCUT2D eigenvalue weighted by Gasteiger charge is -2.34. The number of carbonyl (C=O) groups is 2. The molecule has 2 aromatic rings. The first-order valence-corrected chi connectivity index (χ1v) is 11.3. The van der Waals surface area contributed by atoms with Crippen LogP contribution >= 0.6 is 0 Å². The molecule has 1 aliphatic heterocycles. The van der Waals surface area contributed by atoms with Gasteiger partial charge in [-0.15, -0.1) is 0 Å².